The summed E-state index contributed by atoms with van der Waals surface area (Å²) in [6, 6.07) is 0. The van der Waals surface area contributed by atoms with Gasteiger partial charge in [-0.05, 0) is 13.3 Å². The SMILES string of the molecule is CC1=CCC(O)CC2(C1)OCCO2. The Kier molecular flexibility index (Phi) is 2.41. The second-order valence-electron chi connectivity index (χ2n) is 3.93. The zero-order chi connectivity index (χ0) is 9.31. The van der Waals surface area contributed by atoms with E-state index in [9.17, 15) is 5.11 Å². The van der Waals surface area contributed by atoms with E-state index in [0.29, 0.717) is 19.6 Å². The lowest BCUT2D eigenvalue weighted by Gasteiger charge is -2.27. The lowest BCUT2D eigenvalue weighted by Crippen LogP contribution is -2.33. The maximum absolute atomic E-state index is 9.63. The van der Waals surface area contributed by atoms with Crippen LogP contribution >= 0.6 is 0 Å². The monoisotopic (exact) mass is 184 g/mol. The Labute approximate surface area is 78.3 Å². The van der Waals surface area contributed by atoms with Crippen molar-refractivity contribution in [2.24, 2.45) is 0 Å². The van der Waals surface area contributed by atoms with Crippen molar-refractivity contribution in [3.05, 3.63) is 11.6 Å². The fourth-order valence-electron chi connectivity index (χ4n) is 2.07. The zero-order valence-electron chi connectivity index (χ0n) is 7.95. The van der Waals surface area contributed by atoms with E-state index in [1.807, 2.05) is 0 Å². The summed E-state index contributed by atoms with van der Waals surface area (Å²) in [7, 11) is 0. The summed E-state index contributed by atoms with van der Waals surface area (Å²) < 4.78 is 11.2. The first kappa shape index (κ1) is 9.19. The molecule has 1 atom stereocenters. The largest absolute Gasteiger partial charge is 0.393 e. The van der Waals surface area contributed by atoms with Crippen molar-refractivity contribution in [3.8, 4) is 0 Å². The van der Waals surface area contributed by atoms with Gasteiger partial charge in [-0.15, -0.1) is 0 Å². The first-order valence-electron chi connectivity index (χ1n) is 4.82. The molecule has 1 aliphatic carbocycles. The van der Waals surface area contributed by atoms with Gasteiger partial charge in [-0.25, -0.2) is 0 Å². The van der Waals surface area contributed by atoms with Crippen molar-refractivity contribution < 1.29 is 14.6 Å². The Bertz CT molecular complexity index is 216. The Hall–Kier alpha value is -0.380. The van der Waals surface area contributed by atoms with Gasteiger partial charge in [-0.3, -0.25) is 0 Å². The number of hydrogen-bond donors (Lipinski definition) is 1. The first-order chi connectivity index (χ1) is 6.20. The maximum Gasteiger partial charge on any atom is 0.174 e. The van der Waals surface area contributed by atoms with Gasteiger partial charge in [-0.2, -0.15) is 0 Å². The van der Waals surface area contributed by atoms with Gasteiger partial charge in [0.15, 0.2) is 5.79 Å². The minimum atomic E-state index is -0.517. The lowest BCUT2D eigenvalue weighted by molar-refractivity contribution is -0.173. The molecular formula is C10H16O3. The standard InChI is InChI=1S/C10H16O3/c1-8-2-3-9(11)7-10(6-8)12-4-5-13-10/h2,9,11H,3-7H2,1H3. The summed E-state index contributed by atoms with van der Waals surface area (Å²) in [4.78, 5) is 0. The van der Waals surface area contributed by atoms with Crippen molar-refractivity contribution >= 4 is 0 Å². The fourth-order valence-corrected chi connectivity index (χ4v) is 2.07. The van der Waals surface area contributed by atoms with E-state index >= 15 is 0 Å². The average Bonchev–Trinajstić information content (AvgIpc) is 2.43. The smallest absolute Gasteiger partial charge is 0.174 e. The van der Waals surface area contributed by atoms with Gasteiger partial charge in [0.2, 0.25) is 0 Å². The van der Waals surface area contributed by atoms with Crippen LogP contribution in [0.2, 0.25) is 0 Å². The van der Waals surface area contributed by atoms with Crippen LogP contribution in [0.5, 0.6) is 0 Å². The van der Waals surface area contributed by atoms with Gasteiger partial charge in [0.1, 0.15) is 0 Å². The molecule has 1 N–H and O–H groups in total. The summed E-state index contributed by atoms with van der Waals surface area (Å²) in [6.07, 6.45) is 3.87. The molecule has 2 aliphatic rings. The van der Waals surface area contributed by atoms with Crippen molar-refractivity contribution in [2.45, 2.75) is 38.1 Å². The molecular weight excluding hydrogens is 168 g/mol. The van der Waals surface area contributed by atoms with Crippen molar-refractivity contribution in [2.75, 3.05) is 13.2 Å². The number of ether oxygens (including phenoxy) is 2. The molecule has 3 nitrogen and oxygen atoms in total. The van der Waals surface area contributed by atoms with Crippen LogP contribution in [0.3, 0.4) is 0 Å². The predicted molar refractivity (Wildman–Crippen MR) is 48.2 cm³/mol. The molecule has 0 aromatic heterocycles. The van der Waals surface area contributed by atoms with E-state index in [4.69, 9.17) is 9.47 Å². The lowest BCUT2D eigenvalue weighted by atomic mass is 10.0. The normalized spacial score (nSPS) is 33.1. The first-order valence-corrected chi connectivity index (χ1v) is 4.82. The molecule has 0 bridgehead atoms. The molecule has 1 heterocycles. The second kappa shape index (κ2) is 3.40. The molecule has 0 radical (unpaired) electrons. The molecule has 0 aromatic rings. The van der Waals surface area contributed by atoms with E-state index in [0.717, 1.165) is 12.8 Å². The van der Waals surface area contributed by atoms with Gasteiger partial charge in [0.05, 0.1) is 19.3 Å². The molecule has 0 saturated carbocycles. The third-order valence-electron chi connectivity index (χ3n) is 2.65. The number of aliphatic hydroxyl groups excluding tert-OH is 1. The fraction of sp³-hybridized carbons (Fsp3) is 0.800. The molecule has 1 saturated heterocycles. The van der Waals surface area contributed by atoms with Gasteiger partial charge < -0.3 is 14.6 Å². The van der Waals surface area contributed by atoms with Crippen LogP contribution in [0.15, 0.2) is 11.6 Å². The van der Waals surface area contributed by atoms with Gasteiger partial charge in [-0.1, -0.05) is 11.6 Å². The molecule has 2 rings (SSSR count). The van der Waals surface area contributed by atoms with Crippen LogP contribution in [-0.2, 0) is 9.47 Å². The van der Waals surface area contributed by atoms with Crippen LogP contribution in [0, 0.1) is 0 Å². The predicted octanol–water partition coefficient (Wildman–Crippen LogP) is 1.22. The summed E-state index contributed by atoms with van der Waals surface area (Å²) in [5.74, 6) is -0.517. The van der Waals surface area contributed by atoms with Crippen molar-refractivity contribution in [1.82, 2.24) is 0 Å². The number of hydrogen-bond acceptors (Lipinski definition) is 3. The van der Waals surface area contributed by atoms with Crippen molar-refractivity contribution in [3.63, 3.8) is 0 Å². The van der Waals surface area contributed by atoms with Crippen molar-refractivity contribution in [1.29, 1.82) is 0 Å². The third-order valence-corrected chi connectivity index (χ3v) is 2.65. The van der Waals surface area contributed by atoms with E-state index in [-0.39, 0.29) is 6.10 Å². The molecule has 0 aromatic carbocycles. The van der Waals surface area contributed by atoms with Crippen LogP contribution in [-0.4, -0.2) is 30.2 Å². The highest BCUT2D eigenvalue weighted by Gasteiger charge is 2.39. The summed E-state index contributed by atoms with van der Waals surface area (Å²) in [5, 5.41) is 9.63. The van der Waals surface area contributed by atoms with E-state index in [1.54, 1.807) is 0 Å². The van der Waals surface area contributed by atoms with Crippen LogP contribution in [0.1, 0.15) is 26.2 Å². The van der Waals surface area contributed by atoms with Gasteiger partial charge >= 0.3 is 0 Å². The van der Waals surface area contributed by atoms with E-state index < -0.39 is 5.79 Å². The number of rotatable bonds is 0. The summed E-state index contributed by atoms with van der Waals surface area (Å²) >= 11 is 0. The van der Waals surface area contributed by atoms with Gasteiger partial charge in [0, 0.05) is 12.8 Å². The van der Waals surface area contributed by atoms with Crippen LogP contribution in [0.25, 0.3) is 0 Å². The summed E-state index contributed by atoms with van der Waals surface area (Å²) in [6.45, 7) is 3.37. The molecule has 3 heteroatoms. The Morgan fingerprint density at radius 3 is 2.85 bits per heavy atom. The summed E-state index contributed by atoms with van der Waals surface area (Å²) in [5.41, 5.74) is 1.25. The number of aliphatic hydroxyl groups is 1. The Morgan fingerprint density at radius 1 is 1.46 bits per heavy atom. The highest BCUT2D eigenvalue weighted by Crippen LogP contribution is 2.34. The minimum absolute atomic E-state index is 0.324. The Morgan fingerprint density at radius 2 is 2.15 bits per heavy atom. The van der Waals surface area contributed by atoms with Gasteiger partial charge in [0.25, 0.3) is 0 Å². The van der Waals surface area contributed by atoms with Crippen LogP contribution < -0.4 is 0 Å². The molecule has 0 amide bonds. The molecule has 74 valence electrons. The average molecular weight is 184 g/mol. The molecule has 1 spiro atoms. The maximum atomic E-state index is 9.63. The van der Waals surface area contributed by atoms with E-state index in [2.05, 4.69) is 13.0 Å². The molecule has 1 fully saturated rings. The molecule has 13 heavy (non-hydrogen) atoms. The molecule has 1 aliphatic heterocycles. The third kappa shape index (κ3) is 1.93. The van der Waals surface area contributed by atoms with E-state index in [1.165, 1.54) is 5.57 Å². The highest BCUT2D eigenvalue weighted by molar-refractivity contribution is 5.06. The Balaban J connectivity index is 2.14. The quantitative estimate of drug-likeness (QED) is 0.575. The van der Waals surface area contributed by atoms with Crippen LogP contribution in [0.4, 0.5) is 0 Å². The second-order valence-corrected chi connectivity index (χ2v) is 3.93. The topological polar surface area (TPSA) is 38.7 Å². The zero-order valence-corrected chi connectivity index (χ0v) is 7.95. The minimum Gasteiger partial charge on any atom is -0.393 e. The molecule has 1 unspecified atom stereocenters. The highest BCUT2D eigenvalue weighted by atomic mass is 16.7.